The first-order valence-corrected chi connectivity index (χ1v) is 12.7. The Morgan fingerprint density at radius 3 is 2.30 bits per heavy atom. The topological polar surface area (TPSA) is 75.7 Å². The quantitative estimate of drug-likeness (QED) is 0.443. The molecule has 0 fully saturated rings. The summed E-state index contributed by atoms with van der Waals surface area (Å²) < 4.78 is 31.9. The Labute approximate surface area is 200 Å². The van der Waals surface area contributed by atoms with Crippen LogP contribution in [-0.2, 0) is 16.6 Å². The van der Waals surface area contributed by atoms with E-state index in [1.165, 1.54) is 10.6 Å². The van der Waals surface area contributed by atoms with E-state index in [1.807, 2.05) is 26.0 Å². The zero-order valence-electron chi connectivity index (χ0n) is 18.8. The van der Waals surface area contributed by atoms with Crippen LogP contribution in [0.2, 0.25) is 5.02 Å². The first-order chi connectivity index (χ1) is 15.6. The zero-order valence-corrected chi connectivity index (χ0v) is 20.4. The van der Waals surface area contributed by atoms with Crippen molar-refractivity contribution in [1.29, 1.82) is 0 Å². The normalized spacial score (nSPS) is 11.2. The van der Waals surface area contributed by atoms with Crippen molar-refractivity contribution in [3.05, 3.63) is 94.0 Å². The summed E-state index contributed by atoms with van der Waals surface area (Å²) in [7, 11) is -3.49. The lowest BCUT2D eigenvalue weighted by Gasteiger charge is -2.25. The minimum atomic E-state index is -3.49. The molecule has 0 bridgehead atoms. The van der Waals surface area contributed by atoms with Gasteiger partial charge >= 0.3 is 0 Å². The number of nitrogens with zero attached hydrogens (tertiary/aromatic N) is 1. The van der Waals surface area contributed by atoms with Gasteiger partial charge in [-0.15, -0.1) is 0 Å². The number of anilines is 1. The second-order valence-electron chi connectivity index (χ2n) is 7.74. The third kappa shape index (κ3) is 6.73. The van der Waals surface area contributed by atoms with Gasteiger partial charge in [-0.05, 0) is 73.0 Å². The molecule has 0 radical (unpaired) electrons. The van der Waals surface area contributed by atoms with Crippen LogP contribution in [0.25, 0.3) is 0 Å². The Morgan fingerprint density at radius 2 is 1.67 bits per heavy atom. The van der Waals surface area contributed by atoms with Crippen LogP contribution < -0.4 is 14.4 Å². The van der Waals surface area contributed by atoms with Gasteiger partial charge in [0.2, 0.25) is 10.0 Å². The molecule has 0 saturated heterocycles. The minimum Gasteiger partial charge on any atom is -0.492 e. The molecular weight excluding hydrogens is 460 g/mol. The maximum Gasteiger partial charge on any atom is 0.251 e. The summed E-state index contributed by atoms with van der Waals surface area (Å²) in [6, 6.07) is 19.5. The lowest BCUT2D eigenvalue weighted by molar-refractivity contribution is 0.0947. The van der Waals surface area contributed by atoms with Crippen molar-refractivity contribution in [2.45, 2.75) is 20.4 Å². The molecule has 33 heavy (non-hydrogen) atoms. The SMILES string of the molecule is Cc1cccc(N(Cc2ccc(C(=O)NCCOc3ccc(Cl)cc3)cc2)S(C)(=O)=O)c1C. The standard InChI is InChI=1S/C25H27ClN2O4S/c1-18-5-4-6-24(19(18)2)28(33(3,30)31)17-20-7-9-21(10-8-20)25(29)27-15-16-32-23-13-11-22(26)12-14-23/h4-14H,15-17H2,1-3H3,(H,27,29). The highest BCUT2D eigenvalue weighted by Crippen LogP contribution is 2.26. The summed E-state index contributed by atoms with van der Waals surface area (Å²) in [5, 5.41) is 3.44. The van der Waals surface area contributed by atoms with Gasteiger partial charge in [0.25, 0.3) is 5.91 Å². The molecule has 0 aliphatic carbocycles. The van der Waals surface area contributed by atoms with Gasteiger partial charge in [0.05, 0.1) is 25.0 Å². The predicted molar refractivity (Wildman–Crippen MR) is 133 cm³/mol. The number of amides is 1. The first kappa shape index (κ1) is 24.6. The molecule has 6 nitrogen and oxygen atoms in total. The molecule has 3 rings (SSSR count). The number of hydrogen-bond donors (Lipinski definition) is 1. The molecule has 0 heterocycles. The maximum absolute atomic E-state index is 12.5. The van der Waals surface area contributed by atoms with Crippen LogP contribution >= 0.6 is 11.6 Å². The van der Waals surface area contributed by atoms with Crippen molar-refractivity contribution >= 4 is 33.2 Å². The third-order valence-corrected chi connectivity index (χ3v) is 6.64. The molecule has 0 aromatic heterocycles. The van der Waals surface area contributed by atoms with Crippen LogP contribution in [0.15, 0.2) is 66.7 Å². The lowest BCUT2D eigenvalue weighted by Crippen LogP contribution is -2.30. The van der Waals surface area contributed by atoms with Crippen molar-refractivity contribution in [2.24, 2.45) is 0 Å². The molecule has 174 valence electrons. The van der Waals surface area contributed by atoms with Crippen molar-refractivity contribution in [3.8, 4) is 5.75 Å². The molecule has 1 N–H and O–H groups in total. The smallest absolute Gasteiger partial charge is 0.251 e. The van der Waals surface area contributed by atoms with Gasteiger partial charge in [0.15, 0.2) is 0 Å². The van der Waals surface area contributed by atoms with E-state index in [1.54, 1.807) is 54.6 Å². The van der Waals surface area contributed by atoms with Crippen LogP contribution in [0.1, 0.15) is 27.0 Å². The fourth-order valence-electron chi connectivity index (χ4n) is 3.28. The van der Waals surface area contributed by atoms with Crippen molar-refractivity contribution in [1.82, 2.24) is 5.32 Å². The second-order valence-corrected chi connectivity index (χ2v) is 10.1. The molecule has 3 aromatic rings. The number of aryl methyl sites for hydroxylation is 1. The fourth-order valence-corrected chi connectivity index (χ4v) is 4.35. The number of nitrogens with one attached hydrogen (secondary N) is 1. The van der Waals surface area contributed by atoms with E-state index in [0.717, 1.165) is 16.7 Å². The highest BCUT2D eigenvalue weighted by atomic mass is 35.5. The summed E-state index contributed by atoms with van der Waals surface area (Å²) in [4.78, 5) is 12.4. The highest BCUT2D eigenvalue weighted by molar-refractivity contribution is 7.92. The van der Waals surface area contributed by atoms with Gasteiger partial charge in [-0.25, -0.2) is 8.42 Å². The van der Waals surface area contributed by atoms with Gasteiger partial charge in [-0.3, -0.25) is 9.10 Å². The molecule has 8 heteroatoms. The number of halogens is 1. The van der Waals surface area contributed by atoms with Crippen molar-refractivity contribution in [3.63, 3.8) is 0 Å². The summed E-state index contributed by atoms with van der Waals surface area (Å²) >= 11 is 5.84. The molecule has 3 aromatic carbocycles. The second kappa shape index (κ2) is 10.7. The predicted octanol–water partition coefficient (Wildman–Crippen LogP) is 4.73. The number of benzene rings is 3. The van der Waals surface area contributed by atoms with E-state index >= 15 is 0 Å². The molecule has 0 aliphatic heterocycles. The van der Waals surface area contributed by atoms with E-state index in [-0.39, 0.29) is 12.5 Å². The Bertz CT molecular complexity index is 1210. The van der Waals surface area contributed by atoms with Gasteiger partial charge in [-0.2, -0.15) is 0 Å². The van der Waals surface area contributed by atoms with Gasteiger partial charge in [0, 0.05) is 10.6 Å². The number of rotatable bonds is 9. The monoisotopic (exact) mass is 486 g/mol. The third-order valence-electron chi connectivity index (χ3n) is 5.26. The zero-order chi connectivity index (χ0) is 24.0. The number of sulfonamides is 1. The molecule has 0 spiro atoms. The van der Waals surface area contributed by atoms with E-state index in [4.69, 9.17) is 16.3 Å². The van der Waals surface area contributed by atoms with Crippen molar-refractivity contribution < 1.29 is 17.9 Å². The fraction of sp³-hybridized carbons (Fsp3) is 0.240. The highest BCUT2D eigenvalue weighted by Gasteiger charge is 2.20. The number of hydrogen-bond acceptors (Lipinski definition) is 4. The van der Waals surface area contributed by atoms with Crippen molar-refractivity contribution in [2.75, 3.05) is 23.7 Å². The summed E-state index contributed by atoms with van der Waals surface area (Å²) in [5.74, 6) is 0.452. The van der Waals surface area contributed by atoms with E-state index in [0.29, 0.717) is 35.2 Å². The average Bonchev–Trinajstić information content (AvgIpc) is 2.78. The number of carbonyl (C=O) groups is 1. The van der Waals surface area contributed by atoms with Gasteiger partial charge in [-0.1, -0.05) is 35.9 Å². The number of ether oxygens (including phenoxy) is 1. The first-order valence-electron chi connectivity index (χ1n) is 10.4. The molecule has 0 unspecified atom stereocenters. The summed E-state index contributed by atoms with van der Waals surface area (Å²) in [6.07, 6.45) is 1.20. The Hall–Kier alpha value is -3.03. The van der Waals surface area contributed by atoms with E-state index in [9.17, 15) is 13.2 Å². The minimum absolute atomic E-state index is 0.181. The maximum atomic E-state index is 12.5. The molecule has 0 atom stereocenters. The van der Waals surface area contributed by atoms with Crippen LogP contribution in [0.4, 0.5) is 5.69 Å². The lowest BCUT2D eigenvalue weighted by atomic mass is 10.1. The molecule has 1 amide bonds. The van der Waals surface area contributed by atoms with Gasteiger partial charge in [0.1, 0.15) is 12.4 Å². The van der Waals surface area contributed by atoms with Crippen LogP contribution in [0.3, 0.4) is 0 Å². The Balaban J connectivity index is 1.60. The number of carbonyl (C=O) groups excluding carboxylic acids is 1. The summed E-state index contributed by atoms with van der Waals surface area (Å²) in [6.45, 7) is 4.71. The largest absolute Gasteiger partial charge is 0.492 e. The molecular formula is C25H27ClN2O4S. The van der Waals surface area contributed by atoms with Crippen LogP contribution in [-0.4, -0.2) is 33.7 Å². The van der Waals surface area contributed by atoms with Crippen LogP contribution in [0, 0.1) is 13.8 Å². The van der Waals surface area contributed by atoms with E-state index in [2.05, 4.69) is 5.32 Å². The Morgan fingerprint density at radius 1 is 1.00 bits per heavy atom. The average molecular weight is 487 g/mol. The Kier molecular flexibility index (Phi) is 8.00. The molecule has 0 saturated carbocycles. The summed E-state index contributed by atoms with van der Waals surface area (Å²) in [5.41, 5.74) is 3.86. The van der Waals surface area contributed by atoms with E-state index < -0.39 is 10.0 Å². The van der Waals surface area contributed by atoms with Crippen LogP contribution in [0.5, 0.6) is 5.75 Å². The molecule has 0 aliphatic rings. The van der Waals surface area contributed by atoms with Gasteiger partial charge < -0.3 is 10.1 Å².